The SMILES string of the molecule is Cn1ncnc1NC[C@H]1CC[C@@H](c2nc(C3CC3)n[nH]2)O1. The van der Waals surface area contributed by atoms with E-state index in [4.69, 9.17) is 4.74 Å². The summed E-state index contributed by atoms with van der Waals surface area (Å²) < 4.78 is 7.76. The van der Waals surface area contributed by atoms with E-state index in [1.807, 2.05) is 7.05 Å². The predicted molar refractivity (Wildman–Crippen MR) is 74.7 cm³/mol. The van der Waals surface area contributed by atoms with Crippen molar-refractivity contribution in [2.75, 3.05) is 11.9 Å². The lowest BCUT2D eigenvalue weighted by atomic mass is 10.2. The zero-order chi connectivity index (χ0) is 14.2. The second kappa shape index (κ2) is 5.10. The molecular formula is C13H19N7O. The zero-order valence-electron chi connectivity index (χ0n) is 12.0. The van der Waals surface area contributed by atoms with Crippen LogP contribution in [0.4, 0.5) is 5.95 Å². The van der Waals surface area contributed by atoms with E-state index < -0.39 is 0 Å². The summed E-state index contributed by atoms with van der Waals surface area (Å²) in [6.07, 6.45) is 6.16. The number of anilines is 1. The molecule has 2 aliphatic rings. The third-order valence-electron chi connectivity index (χ3n) is 4.07. The number of nitrogens with one attached hydrogen (secondary N) is 2. The van der Waals surface area contributed by atoms with E-state index in [1.54, 1.807) is 4.68 Å². The van der Waals surface area contributed by atoms with E-state index in [1.165, 1.54) is 19.2 Å². The van der Waals surface area contributed by atoms with Gasteiger partial charge in [0.1, 0.15) is 12.4 Å². The van der Waals surface area contributed by atoms with Gasteiger partial charge in [-0.3, -0.25) is 5.10 Å². The number of hydrogen-bond donors (Lipinski definition) is 2. The first kappa shape index (κ1) is 12.8. The van der Waals surface area contributed by atoms with Gasteiger partial charge >= 0.3 is 0 Å². The Kier molecular flexibility index (Phi) is 3.10. The lowest BCUT2D eigenvalue weighted by Crippen LogP contribution is -2.20. The van der Waals surface area contributed by atoms with Crippen molar-refractivity contribution in [3.8, 4) is 0 Å². The fourth-order valence-corrected chi connectivity index (χ4v) is 2.67. The quantitative estimate of drug-likeness (QED) is 0.857. The highest BCUT2D eigenvalue weighted by molar-refractivity contribution is 5.22. The van der Waals surface area contributed by atoms with Crippen LogP contribution in [0.5, 0.6) is 0 Å². The molecule has 0 aromatic carbocycles. The van der Waals surface area contributed by atoms with Gasteiger partial charge in [-0.15, -0.1) is 0 Å². The van der Waals surface area contributed by atoms with Gasteiger partial charge in [-0.2, -0.15) is 15.2 Å². The second-order valence-corrected chi connectivity index (χ2v) is 5.77. The van der Waals surface area contributed by atoms with Crippen LogP contribution in [0, 0.1) is 0 Å². The number of aromatic nitrogens is 6. The molecule has 1 aliphatic carbocycles. The van der Waals surface area contributed by atoms with Gasteiger partial charge in [0, 0.05) is 19.5 Å². The number of nitrogens with zero attached hydrogens (tertiary/aromatic N) is 5. The molecule has 3 heterocycles. The summed E-state index contributed by atoms with van der Waals surface area (Å²) in [7, 11) is 1.86. The van der Waals surface area contributed by atoms with Crippen molar-refractivity contribution in [1.82, 2.24) is 29.9 Å². The highest BCUT2D eigenvalue weighted by Crippen LogP contribution is 2.39. The van der Waals surface area contributed by atoms with Gasteiger partial charge in [0.25, 0.3) is 0 Å². The topological polar surface area (TPSA) is 93.5 Å². The van der Waals surface area contributed by atoms with E-state index in [9.17, 15) is 0 Å². The van der Waals surface area contributed by atoms with Gasteiger partial charge in [-0.05, 0) is 25.7 Å². The molecule has 2 N–H and O–H groups in total. The number of hydrogen-bond acceptors (Lipinski definition) is 6. The molecule has 2 atom stereocenters. The van der Waals surface area contributed by atoms with E-state index in [0.717, 1.165) is 37.0 Å². The molecule has 21 heavy (non-hydrogen) atoms. The lowest BCUT2D eigenvalue weighted by Gasteiger charge is -2.13. The molecular weight excluding hydrogens is 270 g/mol. The van der Waals surface area contributed by atoms with E-state index in [2.05, 4.69) is 30.6 Å². The first-order chi connectivity index (χ1) is 10.3. The number of aromatic amines is 1. The average Bonchev–Trinajstić information content (AvgIpc) is 2.92. The molecule has 0 radical (unpaired) electrons. The maximum Gasteiger partial charge on any atom is 0.220 e. The normalized spacial score (nSPS) is 25.4. The molecule has 112 valence electrons. The summed E-state index contributed by atoms with van der Waals surface area (Å²) in [6.45, 7) is 0.729. The van der Waals surface area contributed by atoms with Gasteiger partial charge in [0.05, 0.1) is 6.10 Å². The van der Waals surface area contributed by atoms with Crippen molar-refractivity contribution in [2.45, 2.75) is 43.8 Å². The van der Waals surface area contributed by atoms with Gasteiger partial charge in [-0.25, -0.2) is 9.67 Å². The molecule has 1 aliphatic heterocycles. The Bertz CT molecular complexity index is 618. The molecule has 1 saturated heterocycles. The van der Waals surface area contributed by atoms with Crippen LogP contribution in [0.15, 0.2) is 6.33 Å². The van der Waals surface area contributed by atoms with E-state index in [0.29, 0.717) is 5.92 Å². The van der Waals surface area contributed by atoms with Crippen molar-refractivity contribution < 1.29 is 4.74 Å². The van der Waals surface area contributed by atoms with Crippen molar-refractivity contribution in [3.63, 3.8) is 0 Å². The minimum Gasteiger partial charge on any atom is -0.365 e. The van der Waals surface area contributed by atoms with Gasteiger partial charge in [-0.1, -0.05) is 0 Å². The molecule has 8 heteroatoms. The van der Waals surface area contributed by atoms with Crippen LogP contribution in [-0.2, 0) is 11.8 Å². The minimum absolute atomic E-state index is 0.0382. The Balaban J connectivity index is 1.32. The highest BCUT2D eigenvalue weighted by atomic mass is 16.5. The van der Waals surface area contributed by atoms with Gasteiger partial charge in [0.15, 0.2) is 11.6 Å². The fourth-order valence-electron chi connectivity index (χ4n) is 2.67. The molecule has 2 aromatic rings. The van der Waals surface area contributed by atoms with Crippen molar-refractivity contribution >= 4 is 5.95 Å². The molecule has 0 bridgehead atoms. The summed E-state index contributed by atoms with van der Waals surface area (Å²) in [4.78, 5) is 8.71. The Morgan fingerprint density at radius 1 is 1.38 bits per heavy atom. The molecule has 4 rings (SSSR count). The molecule has 1 saturated carbocycles. The van der Waals surface area contributed by atoms with Gasteiger partial charge in [0.2, 0.25) is 5.95 Å². The van der Waals surface area contributed by atoms with Crippen LogP contribution < -0.4 is 5.32 Å². The van der Waals surface area contributed by atoms with Crippen LogP contribution in [-0.4, -0.2) is 42.6 Å². The van der Waals surface area contributed by atoms with Crippen molar-refractivity contribution in [1.29, 1.82) is 0 Å². The monoisotopic (exact) mass is 289 g/mol. The first-order valence-corrected chi connectivity index (χ1v) is 7.45. The Morgan fingerprint density at radius 3 is 3.05 bits per heavy atom. The maximum absolute atomic E-state index is 6.05. The number of H-pyrrole nitrogens is 1. The number of rotatable bonds is 5. The third-order valence-corrected chi connectivity index (χ3v) is 4.07. The average molecular weight is 289 g/mol. The predicted octanol–water partition coefficient (Wildman–Crippen LogP) is 1.14. The summed E-state index contributed by atoms with van der Waals surface area (Å²) in [6, 6.07) is 0. The van der Waals surface area contributed by atoms with Crippen LogP contribution in [0.2, 0.25) is 0 Å². The number of aryl methyl sites for hydroxylation is 1. The second-order valence-electron chi connectivity index (χ2n) is 5.77. The Morgan fingerprint density at radius 2 is 2.29 bits per heavy atom. The summed E-state index contributed by atoms with van der Waals surface area (Å²) in [5, 5.41) is 14.6. The maximum atomic E-state index is 6.05. The molecule has 2 fully saturated rings. The van der Waals surface area contributed by atoms with Crippen LogP contribution >= 0.6 is 0 Å². The Labute approximate surface area is 122 Å². The van der Waals surface area contributed by atoms with E-state index >= 15 is 0 Å². The smallest absolute Gasteiger partial charge is 0.220 e. The van der Waals surface area contributed by atoms with E-state index in [-0.39, 0.29) is 12.2 Å². The molecule has 0 spiro atoms. The highest BCUT2D eigenvalue weighted by Gasteiger charge is 2.32. The third kappa shape index (κ3) is 2.63. The van der Waals surface area contributed by atoms with Crippen molar-refractivity contribution in [2.24, 2.45) is 7.05 Å². The molecule has 8 nitrogen and oxygen atoms in total. The fraction of sp³-hybridized carbons (Fsp3) is 0.692. The lowest BCUT2D eigenvalue weighted by molar-refractivity contribution is 0.0471. The van der Waals surface area contributed by atoms with Gasteiger partial charge < -0.3 is 10.1 Å². The van der Waals surface area contributed by atoms with Crippen LogP contribution in [0.3, 0.4) is 0 Å². The minimum atomic E-state index is 0.0382. The summed E-state index contributed by atoms with van der Waals surface area (Å²) in [5.41, 5.74) is 0. The summed E-state index contributed by atoms with van der Waals surface area (Å²) in [5.74, 6) is 3.16. The van der Waals surface area contributed by atoms with Crippen LogP contribution in [0.25, 0.3) is 0 Å². The summed E-state index contributed by atoms with van der Waals surface area (Å²) >= 11 is 0. The molecule has 0 amide bonds. The number of ether oxygens (including phenoxy) is 1. The standard InChI is InChI=1S/C13H19N7O/c1-20-13(15-7-16-20)14-6-9-4-5-10(21-9)12-17-11(18-19-12)8-2-3-8/h7-10H,2-6H2,1H3,(H,14,15,16)(H,17,18,19)/t9-,10+/m1/s1. The molecule has 0 unspecified atom stereocenters. The van der Waals surface area contributed by atoms with Crippen LogP contribution in [0.1, 0.15) is 49.4 Å². The first-order valence-electron chi connectivity index (χ1n) is 7.45. The zero-order valence-corrected chi connectivity index (χ0v) is 12.0. The Hall–Kier alpha value is -1.96. The largest absolute Gasteiger partial charge is 0.365 e. The molecule has 2 aromatic heterocycles. The van der Waals surface area contributed by atoms with Crippen molar-refractivity contribution in [3.05, 3.63) is 18.0 Å².